The van der Waals surface area contributed by atoms with E-state index >= 15 is 0 Å². The molecule has 0 saturated heterocycles. The number of nitrogens with zero attached hydrogens (tertiary/aromatic N) is 1. The summed E-state index contributed by atoms with van der Waals surface area (Å²) in [6.45, 7) is 7.62. The summed E-state index contributed by atoms with van der Waals surface area (Å²) in [6, 6.07) is 0.457. The summed E-state index contributed by atoms with van der Waals surface area (Å²) in [5.41, 5.74) is 0.146. The topological polar surface area (TPSA) is 15.3 Å². The Kier molecular flexibility index (Phi) is 5.83. The smallest absolute Gasteiger partial charge is 0.0300 e. The molecule has 0 radical (unpaired) electrons. The van der Waals surface area contributed by atoms with Crippen LogP contribution >= 0.6 is 0 Å². The Morgan fingerprint density at radius 1 is 1.43 bits per heavy atom. The maximum absolute atomic E-state index is 5.30. The molecule has 0 heterocycles. The number of terminal acetylenes is 1. The Morgan fingerprint density at radius 3 is 2.36 bits per heavy atom. The first kappa shape index (κ1) is 13.5. The van der Waals surface area contributed by atoms with E-state index < -0.39 is 0 Å². The van der Waals surface area contributed by atoms with Gasteiger partial charge in [-0.2, -0.15) is 0 Å². The molecule has 0 aliphatic heterocycles. The average Bonchev–Trinajstić information content (AvgIpc) is 2.11. The van der Waals surface area contributed by atoms with Crippen LogP contribution in [0, 0.1) is 12.3 Å². The van der Waals surface area contributed by atoms with Crippen molar-refractivity contribution in [3.8, 4) is 12.3 Å². The Morgan fingerprint density at radius 2 is 2.00 bits per heavy atom. The summed E-state index contributed by atoms with van der Waals surface area (Å²) in [6.07, 6.45) is 7.18. The van der Waals surface area contributed by atoms with Crippen molar-refractivity contribution in [3.05, 3.63) is 0 Å². The lowest BCUT2D eigenvalue weighted by molar-refractivity contribution is 0.134. The molecule has 0 bridgehead atoms. The van der Waals surface area contributed by atoms with Gasteiger partial charge in [-0.3, -0.25) is 0 Å². The van der Waals surface area contributed by atoms with Gasteiger partial charge in [-0.1, -0.05) is 6.92 Å². The van der Waals surface area contributed by atoms with E-state index in [2.05, 4.69) is 51.0 Å². The fraction of sp³-hybridized carbons (Fsp3) is 0.833. The molecule has 82 valence electrons. The van der Waals surface area contributed by atoms with Crippen molar-refractivity contribution in [3.63, 3.8) is 0 Å². The van der Waals surface area contributed by atoms with Crippen LogP contribution in [0.15, 0.2) is 0 Å². The van der Waals surface area contributed by atoms with Crippen LogP contribution in [-0.2, 0) is 0 Å². The zero-order valence-corrected chi connectivity index (χ0v) is 10.2. The maximum Gasteiger partial charge on any atom is 0.0300 e. The third-order valence-electron chi connectivity index (χ3n) is 3.03. The SMILES string of the molecule is C#CCCC(NCC)C(C)(C)N(C)C. The molecule has 0 aromatic heterocycles. The summed E-state index contributed by atoms with van der Waals surface area (Å²) < 4.78 is 0. The van der Waals surface area contributed by atoms with Gasteiger partial charge >= 0.3 is 0 Å². The highest BCUT2D eigenvalue weighted by atomic mass is 15.2. The molecular weight excluding hydrogens is 172 g/mol. The highest BCUT2D eigenvalue weighted by Gasteiger charge is 2.30. The lowest BCUT2D eigenvalue weighted by Crippen LogP contribution is -2.55. The highest BCUT2D eigenvalue weighted by Crippen LogP contribution is 2.19. The van der Waals surface area contributed by atoms with Crippen molar-refractivity contribution in [1.82, 2.24) is 10.2 Å². The van der Waals surface area contributed by atoms with Crippen molar-refractivity contribution in [2.24, 2.45) is 0 Å². The second kappa shape index (κ2) is 6.06. The van der Waals surface area contributed by atoms with Gasteiger partial charge in [0.25, 0.3) is 0 Å². The molecule has 0 saturated carbocycles. The van der Waals surface area contributed by atoms with Crippen molar-refractivity contribution in [1.29, 1.82) is 0 Å². The van der Waals surface area contributed by atoms with E-state index in [1.807, 2.05) is 0 Å². The first-order valence-corrected chi connectivity index (χ1v) is 5.31. The first-order chi connectivity index (χ1) is 6.46. The standard InChI is InChI=1S/C12H24N2/c1-7-9-10-11(13-8-2)12(3,4)14(5)6/h1,11,13H,8-10H2,2-6H3. The van der Waals surface area contributed by atoms with Crippen molar-refractivity contribution in [2.75, 3.05) is 20.6 Å². The molecule has 0 spiro atoms. The summed E-state index contributed by atoms with van der Waals surface area (Å²) in [7, 11) is 4.22. The Hall–Kier alpha value is -0.520. The highest BCUT2D eigenvalue weighted by molar-refractivity contribution is 4.94. The lowest BCUT2D eigenvalue weighted by Gasteiger charge is -2.40. The molecule has 2 nitrogen and oxygen atoms in total. The number of likely N-dealkylation sites (N-methyl/N-ethyl adjacent to an activating group) is 2. The van der Waals surface area contributed by atoms with Gasteiger partial charge in [0, 0.05) is 18.0 Å². The van der Waals surface area contributed by atoms with Gasteiger partial charge in [-0.05, 0) is 40.9 Å². The van der Waals surface area contributed by atoms with Gasteiger partial charge in [0.15, 0.2) is 0 Å². The van der Waals surface area contributed by atoms with Crippen molar-refractivity contribution >= 4 is 0 Å². The normalized spacial score (nSPS) is 14.1. The van der Waals surface area contributed by atoms with Crippen LogP contribution in [0.5, 0.6) is 0 Å². The van der Waals surface area contributed by atoms with Gasteiger partial charge in [0.05, 0.1) is 0 Å². The minimum Gasteiger partial charge on any atom is -0.312 e. The Labute approximate surface area is 89.1 Å². The monoisotopic (exact) mass is 196 g/mol. The second-order valence-corrected chi connectivity index (χ2v) is 4.40. The van der Waals surface area contributed by atoms with Crippen molar-refractivity contribution < 1.29 is 0 Å². The van der Waals surface area contributed by atoms with Gasteiger partial charge in [-0.15, -0.1) is 12.3 Å². The lowest BCUT2D eigenvalue weighted by atomic mass is 9.89. The van der Waals surface area contributed by atoms with E-state index in [1.165, 1.54) is 0 Å². The van der Waals surface area contributed by atoms with Crippen molar-refractivity contribution in [2.45, 2.75) is 45.2 Å². The van der Waals surface area contributed by atoms with E-state index in [0.717, 1.165) is 19.4 Å². The molecule has 14 heavy (non-hydrogen) atoms. The average molecular weight is 196 g/mol. The van der Waals surface area contributed by atoms with Crippen LogP contribution in [0.1, 0.15) is 33.6 Å². The molecule has 1 unspecified atom stereocenters. The quantitative estimate of drug-likeness (QED) is 0.651. The minimum atomic E-state index is 0.146. The molecule has 0 aliphatic rings. The van der Waals surface area contributed by atoms with Crippen LogP contribution in [0.25, 0.3) is 0 Å². The van der Waals surface area contributed by atoms with Gasteiger partial charge in [0.2, 0.25) is 0 Å². The van der Waals surface area contributed by atoms with E-state index in [0.29, 0.717) is 6.04 Å². The molecule has 2 heteroatoms. The minimum absolute atomic E-state index is 0.146. The van der Waals surface area contributed by atoms with Crippen LogP contribution in [-0.4, -0.2) is 37.1 Å². The fourth-order valence-corrected chi connectivity index (χ4v) is 1.49. The zero-order chi connectivity index (χ0) is 11.2. The molecule has 1 N–H and O–H groups in total. The Balaban J connectivity index is 4.39. The molecule has 1 atom stereocenters. The molecule has 0 fully saturated rings. The van der Waals surface area contributed by atoms with E-state index in [1.54, 1.807) is 0 Å². The van der Waals surface area contributed by atoms with Gasteiger partial charge in [-0.25, -0.2) is 0 Å². The number of rotatable bonds is 6. The van der Waals surface area contributed by atoms with Crippen LogP contribution in [0.4, 0.5) is 0 Å². The molecule has 0 aromatic rings. The van der Waals surface area contributed by atoms with Gasteiger partial charge in [0.1, 0.15) is 0 Å². The predicted molar refractivity (Wildman–Crippen MR) is 63.3 cm³/mol. The molecule has 0 aliphatic carbocycles. The van der Waals surface area contributed by atoms with E-state index in [9.17, 15) is 0 Å². The predicted octanol–water partition coefficient (Wildman–Crippen LogP) is 1.72. The zero-order valence-electron chi connectivity index (χ0n) is 10.2. The molecular formula is C12H24N2. The van der Waals surface area contributed by atoms with Gasteiger partial charge < -0.3 is 10.2 Å². The summed E-state index contributed by atoms with van der Waals surface area (Å²) in [5.74, 6) is 2.71. The second-order valence-electron chi connectivity index (χ2n) is 4.40. The van der Waals surface area contributed by atoms with Crippen LogP contribution in [0.3, 0.4) is 0 Å². The van der Waals surface area contributed by atoms with Crippen LogP contribution in [0.2, 0.25) is 0 Å². The molecule has 0 amide bonds. The Bertz CT molecular complexity index is 189. The third-order valence-corrected chi connectivity index (χ3v) is 3.03. The third kappa shape index (κ3) is 3.69. The summed E-state index contributed by atoms with van der Waals surface area (Å²) in [5, 5.41) is 3.50. The maximum atomic E-state index is 5.30. The summed E-state index contributed by atoms with van der Waals surface area (Å²) >= 11 is 0. The number of hydrogen-bond acceptors (Lipinski definition) is 2. The number of hydrogen-bond donors (Lipinski definition) is 1. The van der Waals surface area contributed by atoms with E-state index in [4.69, 9.17) is 6.42 Å². The largest absolute Gasteiger partial charge is 0.312 e. The van der Waals surface area contributed by atoms with E-state index in [-0.39, 0.29) is 5.54 Å². The first-order valence-electron chi connectivity index (χ1n) is 5.31. The molecule has 0 rings (SSSR count). The summed E-state index contributed by atoms with van der Waals surface area (Å²) in [4.78, 5) is 2.25. The molecule has 0 aromatic carbocycles. The fourth-order valence-electron chi connectivity index (χ4n) is 1.49. The van der Waals surface area contributed by atoms with Crippen LogP contribution < -0.4 is 5.32 Å². The number of nitrogens with one attached hydrogen (secondary N) is 1.